The van der Waals surface area contributed by atoms with Gasteiger partial charge in [-0.15, -0.1) is 0 Å². The summed E-state index contributed by atoms with van der Waals surface area (Å²) >= 11 is 9.42. The van der Waals surface area contributed by atoms with E-state index >= 15 is 0 Å². The fourth-order valence-corrected chi connectivity index (χ4v) is 2.16. The summed E-state index contributed by atoms with van der Waals surface area (Å²) in [4.78, 5) is 4.47. The number of benzene rings is 1. The van der Waals surface area contributed by atoms with E-state index in [9.17, 15) is 0 Å². The molecule has 1 aromatic heterocycles. The number of nitrogens with zero attached hydrogens (tertiary/aromatic N) is 2. The largest absolute Gasteiger partial charge is 0.325 e. The maximum Gasteiger partial charge on any atom is 0.140 e. The smallest absolute Gasteiger partial charge is 0.140 e. The van der Waals surface area contributed by atoms with Gasteiger partial charge in [0.05, 0.1) is 5.69 Å². The fraction of sp³-hybridized carbons (Fsp3) is 0.182. The molecule has 5 heteroatoms. The number of hydrogen-bond acceptors (Lipinski definition) is 2. The van der Waals surface area contributed by atoms with Gasteiger partial charge in [0, 0.05) is 24.2 Å². The Kier molecular flexibility index (Phi) is 3.33. The molecule has 0 aliphatic heterocycles. The molecule has 84 valence electrons. The highest BCUT2D eigenvalue weighted by Crippen LogP contribution is 2.26. The first kappa shape index (κ1) is 11.6. The summed E-state index contributed by atoms with van der Waals surface area (Å²) in [5, 5.41) is 0.700. The van der Waals surface area contributed by atoms with Crippen LogP contribution in [-0.2, 0) is 13.6 Å². The quantitative estimate of drug-likeness (QED) is 0.926. The minimum atomic E-state index is 0.412. The SMILES string of the molecule is Cn1c(-c2cccc(Cl)c2)nc(CN)c1Br. The van der Waals surface area contributed by atoms with Crippen LogP contribution in [0.2, 0.25) is 5.02 Å². The third-order valence-corrected chi connectivity index (χ3v) is 3.59. The molecular weight excluding hydrogens is 289 g/mol. The van der Waals surface area contributed by atoms with Crippen LogP contribution in [0.5, 0.6) is 0 Å². The van der Waals surface area contributed by atoms with Gasteiger partial charge in [-0.25, -0.2) is 4.98 Å². The molecule has 2 aromatic rings. The van der Waals surface area contributed by atoms with Gasteiger partial charge in [-0.1, -0.05) is 23.7 Å². The lowest BCUT2D eigenvalue weighted by atomic mass is 10.2. The van der Waals surface area contributed by atoms with E-state index in [1.54, 1.807) is 0 Å². The van der Waals surface area contributed by atoms with Gasteiger partial charge in [0.15, 0.2) is 0 Å². The summed E-state index contributed by atoms with van der Waals surface area (Å²) < 4.78 is 2.86. The summed E-state index contributed by atoms with van der Waals surface area (Å²) in [7, 11) is 1.94. The Morgan fingerprint density at radius 2 is 2.25 bits per heavy atom. The number of hydrogen-bond donors (Lipinski definition) is 1. The second-order valence-corrected chi connectivity index (χ2v) is 4.63. The Morgan fingerprint density at radius 3 is 2.81 bits per heavy atom. The number of nitrogens with two attached hydrogens (primary N) is 1. The summed E-state index contributed by atoms with van der Waals surface area (Å²) in [6.45, 7) is 0.412. The second-order valence-electron chi connectivity index (χ2n) is 3.45. The molecule has 0 amide bonds. The van der Waals surface area contributed by atoms with Crippen LogP contribution in [0, 0.1) is 0 Å². The van der Waals surface area contributed by atoms with E-state index in [4.69, 9.17) is 17.3 Å². The molecule has 2 rings (SSSR count). The monoisotopic (exact) mass is 299 g/mol. The zero-order valence-electron chi connectivity index (χ0n) is 8.74. The molecule has 0 unspecified atom stereocenters. The predicted molar refractivity (Wildman–Crippen MR) is 69.2 cm³/mol. The molecule has 2 N–H and O–H groups in total. The maximum absolute atomic E-state index is 5.95. The van der Waals surface area contributed by atoms with Crippen molar-refractivity contribution < 1.29 is 0 Å². The normalized spacial score (nSPS) is 10.8. The topological polar surface area (TPSA) is 43.8 Å². The average Bonchev–Trinajstić information content (AvgIpc) is 2.56. The number of imidazole rings is 1. The molecule has 0 aliphatic carbocycles. The molecular formula is C11H11BrClN3. The van der Waals surface area contributed by atoms with Gasteiger partial charge in [-0.3, -0.25) is 0 Å². The van der Waals surface area contributed by atoms with Crippen molar-refractivity contribution in [2.45, 2.75) is 6.54 Å². The van der Waals surface area contributed by atoms with Crippen LogP contribution in [0.15, 0.2) is 28.9 Å². The molecule has 0 radical (unpaired) electrons. The fourth-order valence-electron chi connectivity index (χ4n) is 1.55. The molecule has 0 bridgehead atoms. The van der Waals surface area contributed by atoms with Crippen molar-refractivity contribution >= 4 is 27.5 Å². The standard InChI is InChI=1S/C11H11BrClN3/c1-16-10(12)9(6-14)15-11(16)7-3-2-4-8(13)5-7/h2-5H,6,14H2,1H3. The number of rotatable bonds is 2. The lowest BCUT2D eigenvalue weighted by Gasteiger charge is -2.02. The van der Waals surface area contributed by atoms with E-state index in [2.05, 4.69) is 20.9 Å². The minimum Gasteiger partial charge on any atom is -0.325 e. The van der Waals surface area contributed by atoms with Crippen molar-refractivity contribution in [3.8, 4) is 11.4 Å². The van der Waals surface area contributed by atoms with Crippen molar-refractivity contribution in [1.82, 2.24) is 9.55 Å². The first-order valence-electron chi connectivity index (χ1n) is 4.80. The highest BCUT2D eigenvalue weighted by atomic mass is 79.9. The van der Waals surface area contributed by atoms with Crippen molar-refractivity contribution in [1.29, 1.82) is 0 Å². The Morgan fingerprint density at radius 1 is 1.50 bits per heavy atom. The summed E-state index contributed by atoms with van der Waals surface area (Å²) in [6.07, 6.45) is 0. The van der Waals surface area contributed by atoms with Gasteiger partial charge in [-0.05, 0) is 28.1 Å². The molecule has 0 saturated heterocycles. The molecule has 16 heavy (non-hydrogen) atoms. The Bertz CT molecular complexity index is 522. The van der Waals surface area contributed by atoms with Crippen LogP contribution in [0.3, 0.4) is 0 Å². The van der Waals surface area contributed by atoms with E-state index in [1.807, 2.05) is 35.9 Å². The van der Waals surface area contributed by atoms with Crippen molar-refractivity contribution in [3.05, 3.63) is 39.6 Å². The van der Waals surface area contributed by atoms with Gasteiger partial charge in [0.2, 0.25) is 0 Å². The summed E-state index contributed by atoms with van der Waals surface area (Å²) in [5.74, 6) is 0.856. The lowest BCUT2D eigenvalue weighted by Crippen LogP contribution is -1.97. The maximum atomic E-state index is 5.95. The van der Waals surface area contributed by atoms with Crippen LogP contribution in [0.25, 0.3) is 11.4 Å². The molecule has 1 heterocycles. The van der Waals surface area contributed by atoms with Gasteiger partial charge in [-0.2, -0.15) is 0 Å². The van der Waals surface area contributed by atoms with E-state index < -0.39 is 0 Å². The van der Waals surface area contributed by atoms with E-state index in [0.717, 1.165) is 21.7 Å². The minimum absolute atomic E-state index is 0.412. The third-order valence-electron chi connectivity index (χ3n) is 2.37. The lowest BCUT2D eigenvalue weighted by molar-refractivity contribution is 0.893. The highest BCUT2D eigenvalue weighted by molar-refractivity contribution is 9.10. The zero-order valence-corrected chi connectivity index (χ0v) is 11.1. The number of aromatic nitrogens is 2. The second kappa shape index (κ2) is 4.57. The van der Waals surface area contributed by atoms with E-state index in [1.165, 1.54) is 0 Å². The molecule has 0 aliphatic rings. The van der Waals surface area contributed by atoms with Crippen LogP contribution in [-0.4, -0.2) is 9.55 Å². The molecule has 1 aromatic carbocycles. The molecule has 0 saturated carbocycles. The Balaban J connectivity index is 2.56. The van der Waals surface area contributed by atoms with Gasteiger partial charge in [0.25, 0.3) is 0 Å². The van der Waals surface area contributed by atoms with Crippen LogP contribution < -0.4 is 5.73 Å². The molecule has 0 fully saturated rings. The zero-order chi connectivity index (χ0) is 11.7. The Labute approximate surface area is 107 Å². The molecule has 0 spiro atoms. The summed E-state index contributed by atoms with van der Waals surface area (Å²) in [5.41, 5.74) is 7.44. The average molecular weight is 301 g/mol. The van der Waals surface area contributed by atoms with Crippen LogP contribution >= 0.6 is 27.5 Å². The third kappa shape index (κ3) is 2.00. The van der Waals surface area contributed by atoms with E-state index in [-0.39, 0.29) is 0 Å². The Hall–Kier alpha value is -0.840. The first-order valence-corrected chi connectivity index (χ1v) is 5.97. The van der Waals surface area contributed by atoms with Crippen LogP contribution in [0.4, 0.5) is 0 Å². The summed E-state index contributed by atoms with van der Waals surface area (Å²) in [6, 6.07) is 7.60. The van der Waals surface area contributed by atoms with Crippen molar-refractivity contribution in [2.75, 3.05) is 0 Å². The predicted octanol–water partition coefficient (Wildman–Crippen LogP) is 2.96. The van der Waals surface area contributed by atoms with Gasteiger partial charge >= 0.3 is 0 Å². The molecule has 3 nitrogen and oxygen atoms in total. The van der Waals surface area contributed by atoms with Crippen molar-refractivity contribution in [2.24, 2.45) is 12.8 Å². The van der Waals surface area contributed by atoms with Crippen molar-refractivity contribution in [3.63, 3.8) is 0 Å². The van der Waals surface area contributed by atoms with Gasteiger partial charge in [0.1, 0.15) is 10.4 Å². The van der Waals surface area contributed by atoms with E-state index in [0.29, 0.717) is 11.6 Å². The van der Waals surface area contributed by atoms with Crippen LogP contribution in [0.1, 0.15) is 5.69 Å². The first-order chi connectivity index (χ1) is 7.63. The highest BCUT2D eigenvalue weighted by Gasteiger charge is 2.12. The van der Waals surface area contributed by atoms with Gasteiger partial charge < -0.3 is 10.3 Å². The molecule has 0 atom stereocenters. The number of halogens is 2.